The van der Waals surface area contributed by atoms with E-state index < -0.39 is 0 Å². The highest BCUT2D eigenvalue weighted by atomic mass is 32.1. The van der Waals surface area contributed by atoms with Gasteiger partial charge in [-0.05, 0) is 48.3 Å². The zero-order valence-electron chi connectivity index (χ0n) is 17.1. The van der Waals surface area contributed by atoms with E-state index in [0.717, 1.165) is 44.3 Å². The topological polar surface area (TPSA) is 48.9 Å². The van der Waals surface area contributed by atoms with Gasteiger partial charge in [0, 0.05) is 49.9 Å². The number of anilines is 1. The van der Waals surface area contributed by atoms with E-state index in [1.807, 2.05) is 24.5 Å². The van der Waals surface area contributed by atoms with Crippen molar-refractivity contribution in [2.75, 3.05) is 45.2 Å². The zero-order valence-corrected chi connectivity index (χ0v) is 18.0. The molecule has 1 aliphatic heterocycles. The molecule has 152 valence electrons. The van der Waals surface area contributed by atoms with Crippen LogP contribution in [0, 0.1) is 11.8 Å². The van der Waals surface area contributed by atoms with Crippen LogP contribution in [0.3, 0.4) is 0 Å². The summed E-state index contributed by atoms with van der Waals surface area (Å²) in [5.41, 5.74) is 1.24. The first kappa shape index (κ1) is 20.5. The van der Waals surface area contributed by atoms with E-state index in [1.54, 1.807) is 7.11 Å². The Bertz CT molecular complexity index is 747. The third-order valence-electron chi connectivity index (χ3n) is 5.23. The van der Waals surface area contributed by atoms with Crippen LogP contribution in [0.2, 0.25) is 0 Å². The maximum atomic E-state index is 5.35. The molecule has 2 N–H and O–H groups in total. The number of thiophene rings is 1. The van der Waals surface area contributed by atoms with Gasteiger partial charge in [-0.25, -0.2) is 0 Å². The highest BCUT2D eigenvalue weighted by Crippen LogP contribution is 2.26. The Hall–Kier alpha value is -2.21. The second-order valence-corrected chi connectivity index (χ2v) is 8.56. The largest absolute Gasteiger partial charge is 0.497 e. The van der Waals surface area contributed by atoms with Crippen molar-refractivity contribution in [2.24, 2.45) is 16.8 Å². The van der Waals surface area contributed by atoms with Crippen molar-refractivity contribution in [1.82, 2.24) is 10.6 Å². The molecule has 1 aliphatic rings. The molecule has 2 heterocycles. The summed E-state index contributed by atoms with van der Waals surface area (Å²) >= 11 is 1.83. The first-order valence-corrected chi connectivity index (χ1v) is 10.9. The third-order valence-corrected chi connectivity index (χ3v) is 6.13. The van der Waals surface area contributed by atoms with Crippen LogP contribution in [0.4, 0.5) is 5.69 Å². The van der Waals surface area contributed by atoms with Crippen molar-refractivity contribution in [3.05, 3.63) is 46.7 Å². The summed E-state index contributed by atoms with van der Waals surface area (Å²) in [6.07, 6.45) is 2.30. The lowest BCUT2D eigenvalue weighted by molar-refractivity contribution is 0.415. The molecule has 1 fully saturated rings. The van der Waals surface area contributed by atoms with E-state index in [0.29, 0.717) is 11.8 Å². The Labute approximate surface area is 172 Å². The minimum Gasteiger partial charge on any atom is -0.497 e. The molecule has 3 rings (SSSR count). The minimum atomic E-state index is 0.576. The van der Waals surface area contributed by atoms with Crippen LogP contribution in [0.5, 0.6) is 5.75 Å². The maximum absolute atomic E-state index is 5.35. The Morgan fingerprint density at radius 3 is 2.96 bits per heavy atom. The molecular formula is C22H32N4OS. The normalized spacial score (nSPS) is 18.2. The van der Waals surface area contributed by atoms with Gasteiger partial charge in [0.05, 0.1) is 7.11 Å². The van der Waals surface area contributed by atoms with Gasteiger partial charge >= 0.3 is 0 Å². The van der Waals surface area contributed by atoms with Gasteiger partial charge in [0.1, 0.15) is 5.75 Å². The summed E-state index contributed by atoms with van der Waals surface area (Å²) in [6.45, 7) is 6.30. The molecule has 28 heavy (non-hydrogen) atoms. The molecule has 2 unspecified atom stereocenters. The Morgan fingerprint density at radius 1 is 1.32 bits per heavy atom. The lowest BCUT2D eigenvalue weighted by Crippen LogP contribution is -2.42. The van der Waals surface area contributed by atoms with Gasteiger partial charge in [-0.1, -0.05) is 19.1 Å². The smallest absolute Gasteiger partial charge is 0.190 e. The number of rotatable bonds is 8. The number of hydrogen-bond donors (Lipinski definition) is 2. The van der Waals surface area contributed by atoms with Gasteiger partial charge in [0.25, 0.3) is 0 Å². The first-order chi connectivity index (χ1) is 13.7. The molecule has 6 heteroatoms. The fourth-order valence-electron chi connectivity index (χ4n) is 3.62. The lowest BCUT2D eigenvalue weighted by Gasteiger charge is -2.20. The first-order valence-electron chi connectivity index (χ1n) is 10.0. The number of ether oxygens (including phenoxy) is 1. The van der Waals surface area contributed by atoms with Crippen molar-refractivity contribution in [3.63, 3.8) is 0 Å². The van der Waals surface area contributed by atoms with Crippen LogP contribution in [0.15, 0.2) is 46.8 Å². The van der Waals surface area contributed by atoms with Crippen molar-refractivity contribution in [1.29, 1.82) is 0 Å². The van der Waals surface area contributed by atoms with Gasteiger partial charge in [0.2, 0.25) is 0 Å². The van der Waals surface area contributed by atoms with Crippen LogP contribution in [0.25, 0.3) is 0 Å². The molecule has 0 radical (unpaired) electrons. The monoisotopic (exact) mass is 400 g/mol. The molecule has 2 aromatic rings. The molecule has 0 aliphatic carbocycles. The molecule has 1 aromatic carbocycles. The third kappa shape index (κ3) is 5.89. The van der Waals surface area contributed by atoms with Crippen molar-refractivity contribution >= 4 is 23.0 Å². The SMILES string of the molecule is CN=C(NCC(C)Cc1cccs1)NCC1CCN(c2cccc(OC)c2)C1. The van der Waals surface area contributed by atoms with E-state index in [9.17, 15) is 0 Å². The van der Waals surface area contributed by atoms with Gasteiger partial charge in [0.15, 0.2) is 5.96 Å². The number of benzene rings is 1. The lowest BCUT2D eigenvalue weighted by atomic mass is 10.1. The molecule has 0 saturated carbocycles. The van der Waals surface area contributed by atoms with E-state index in [4.69, 9.17) is 4.74 Å². The number of hydrogen-bond acceptors (Lipinski definition) is 4. The molecule has 0 spiro atoms. The fourth-order valence-corrected chi connectivity index (χ4v) is 4.49. The zero-order chi connectivity index (χ0) is 19.8. The van der Waals surface area contributed by atoms with Crippen molar-refractivity contribution in [3.8, 4) is 5.75 Å². The summed E-state index contributed by atoms with van der Waals surface area (Å²) in [4.78, 5) is 8.27. The molecule has 1 saturated heterocycles. The van der Waals surface area contributed by atoms with Crippen molar-refractivity contribution < 1.29 is 4.74 Å². The van der Waals surface area contributed by atoms with Gasteiger partial charge < -0.3 is 20.3 Å². The van der Waals surface area contributed by atoms with Gasteiger partial charge in [-0.15, -0.1) is 11.3 Å². The molecule has 5 nitrogen and oxygen atoms in total. The summed E-state index contributed by atoms with van der Waals surface area (Å²) in [6, 6.07) is 12.7. The molecule has 2 atom stereocenters. The molecule has 0 bridgehead atoms. The average Bonchev–Trinajstić information content (AvgIpc) is 3.40. The number of methoxy groups -OCH3 is 1. The van der Waals surface area contributed by atoms with E-state index in [-0.39, 0.29) is 0 Å². The molecule has 0 amide bonds. The van der Waals surface area contributed by atoms with Crippen LogP contribution in [0.1, 0.15) is 18.2 Å². The fraction of sp³-hybridized carbons (Fsp3) is 0.500. The number of guanidine groups is 1. The number of nitrogens with one attached hydrogen (secondary N) is 2. The summed E-state index contributed by atoms with van der Waals surface area (Å²) in [7, 11) is 3.56. The van der Waals surface area contributed by atoms with E-state index in [2.05, 4.69) is 63.2 Å². The predicted octanol–water partition coefficient (Wildman–Crippen LogP) is 3.63. The maximum Gasteiger partial charge on any atom is 0.190 e. The van der Waals surface area contributed by atoms with Gasteiger partial charge in [-0.3, -0.25) is 4.99 Å². The Balaban J connectivity index is 1.40. The van der Waals surface area contributed by atoms with Crippen LogP contribution >= 0.6 is 11.3 Å². The Kier molecular flexibility index (Phi) is 7.60. The van der Waals surface area contributed by atoms with Crippen LogP contribution < -0.4 is 20.3 Å². The second kappa shape index (κ2) is 10.4. The summed E-state index contributed by atoms with van der Waals surface area (Å²) in [5, 5.41) is 9.13. The highest BCUT2D eigenvalue weighted by Gasteiger charge is 2.23. The predicted molar refractivity (Wildman–Crippen MR) is 120 cm³/mol. The quantitative estimate of drug-likeness (QED) is 0.525. The highest BCUT2D eigenvalue weighted by molar-refractivity contribution is 7.09. The molecule has 1 aromatic heterocycles. The summed E-state index contributed by atoms with van der Waals surface area (Å²) < 4.78 is 5.35. The van der Waals surface area contributed by atoms with Crippen LogP contribution in [-0.2, 0) is 6.42 Å². The second-order valence-electron chi connectivity index (χ2n) is 7.52. The summed E-state index contributed by atoms with van der Waals surface area (Å²) in [5.74, 6) is 3.01. The minimum absolute atomic E-state index is 0.576. The van der Waals surface area contributed by atoms with E-state index in [1.165, 1.54) is 17.0 Å². The Morgan fingerprint density at radius 2 is 2.21 bits per heavy atom. The van der Waals surface area contributed by atoms with Crippen molar-refractivity contribution in [2.45, 2.75) is 19.8 Å². The van der Waals surface area contributed by atoms with Crippen LogP contribution in [-0.4, -0.2) is 46.3 Å². The van der Waals surface area contributed by atoms with E-state index >= 15 is 0 Å². The molecular weight excluding hydrogens is 368 g/mol. The number of aliphatic imine (C=N–C) groups is 1. The van der Waals surface area contributed by atoms with Gasteiger partial charge in [-0.2, -0.15) is 0 Å². The standard InChI is InChI=1S/C22H32N4OS/c1-17(12-21-8-5-11-28-21)14-24-22(23-2)25-15-18-9-10-26(16-18)19-6-4-7-20(13-19)27-3/h4-8,11,13,17-18H,9-10,12,14-16H2,1-3H3,(H2,23,24,25). The average molecular weight is 401 g/mol. The number of nitrogens with zero attached hydrogens (tertiary/aromatic N) is 2.